The summed E-state index contributed by atoms with van der Waals surface area (Å²) in [5.74, 6) is 0.0521. The van der Waals surface area contributed by atoms with Gasteiger partial charge >= 0.3 is 5.97 Å². The second-order valence-corrected chi connectivity index (χ2v) is 6.24. The Labute approximate surface area is 154 Å². The van der Waals surface area contributed by atoms with Gasteiger partial charge < -0.3 is 19.8 Å². The molecule has 1 amide bonds. The van der Waals surface area contributed by atoms with Crippen LogP contribution in [-0.2, 0) is 9.53 Å². The lowest BCUT2D eigenvalue weighted by atomic mass is 10.2. The number of fused-ring (bicyclic) bond motifs is 1. The molecule has 0 saturated carbocycles. The first-order valence-electron chi connectivity index (χ1n) is 7.75. The fourth-order valence-corrected chi connectivity index (χ4v) is 3.09. The lowest BCUT2D eigenvalue weighted by Crippen LogP contribution is -2.17. The van der Waals surface area contributed by atoms with E-state index in [0.29, 0.717) is 27.7 Å². The number of ether oxygens (including phenoxy) is 2. The highest BCUT2D eigenvalue weighted by atomic mass is 32.2. The Morgan fingerprint density at radius 1 is 1.15 bits per heavy atom. The van der Waals surface area contributed by atoms with Gasteiger partial charge in [0.25, 0.3) is 0 Å². The molecule has 7 nitrogen and oxygen atoms in total. The molecule has 0 aliphatic rings. The number of aromatic nitrogens is 2. The lowest BCUT2D eigenvalue weighted by Gasteiger charge is -2.08. The normalized spacial score (nSPS) is 10.5. The highest BCUT2D eigenvalue weighted by Gasteiger charge is 2.14. The number of para-hydroxylation sites is 2. The maximum absolute atomic E-state index is 12.2. The predicted molar refractivity (Wildman–Crippen MR) is 99.8 cm³/mol. The third-order valence-electron chi connectivity index (χ3n) is 3.62. The van der Waals surface area contributed by atoms with Crippen molar-refractivity contribution in [3.8, 4) is 5.75 Å². The van der Waals surface area contributed by atoms with Crippen LogP contribution in [0.2, 0.25) is 0 Å². The fraction of sp³-hybridized carbons (Fsp3) is 0.167. The molecule has 1 aromatic heterocycles. The molecule has 8 heteroatoms. The standard InChI is InChI=1S/C18H17N3O4S/c1-24-14-9-5-8-13-16(14)21-18(20-13)26-10-15(22)19-12-7-4-3-6-11(12)17(23)25-2/h3-9H,10H2,1-2H3,(H,19,22)(H,20,21). The van der Waals surface area contributed by atoms with Crippen molar-refractivity contribution in [3.05, 3.63) is 48.0 Å². The first-order chi connectivity index (χ1) is 12.6. The van der Waals surface area contributed by atoms with Gasteiger partial charge in [-0.2, -0.15) is 0 Å². The Morgan fingerprint density at radius 2 is 1.96 bits per heavy atom. The lowest BCUT2D eigenvalue weighted by molar-refractivity contribution is -0.113. The minimum atomic E-state index is -0.502. The number of carbonyl (C=O) groups is 2. The molecule has 26 heavy (non-hydrogen) atoms. The zero-order valence-electron chi connectivity index (χ0n) is 14.2. The Bertz CT molecular complexity index is 955. The fourth-order valence-electron chi connectivity index (χ4n) is 2.42. The van der Waals surface area contributed by atoms with E-state index in [-0.39, 0.29) is 11.7 Å². The number of rotatable bonds is 6. The minimum Gasteiger partial charge on any atom is -0.494 e. The third kappa shape index (κ3) is 3.80. The van der Waals surface area contributed by atoms with Crippen molar-refractivity contribution >= 4 is 40.4 Å². The SMILES string of the molecule is COC(=O)c1ccccc1NC(=O)CSc1nc2c(OC)cccc2[nH]1. The largest absolute Gasteiger partial charge is 0.494 e. The van der Waals surface area contributed by atoms with Gasteiger partial charge in [-0.15, -0.1) is 0 Å². The third-order valence-corrected chi connectivity index (χ3v) is 4.49. The summed E-state index contributed by atoms with van der Waals surface area (Å²) >= 11 is 1.26. The molecule has 0 aliphatic heterocycles. The van der Waals surface area contributed by atoms with Crippen LogP contribution in [0, 0.1) is 0 Å². The van der Waals surface area contributed by atoms with Gasteiger partial charge in [-0.05, 0) is 24.3 Å². The molecule has 0 saturated heterocycles. The molecule has 0 spiro atoms. The summed E-state index contributed by atoms with van der Waals surface area (Å²) in [7, 11) is 2.88. The van der Waals surface area contributed by atoms with Crippen molar-refractivity contribution < 1.29 is 19.1 Å². The molecule has 0 radical (unpaired) electrons. The van der Waals surface area contributed by atoms with Crippen LogP contribution in [0.5, 0.6) is 5.75 Å². The molecule has 3 rings (SSSR count). The minimum absolute atomic E-state index is 0.137. The number of benzene rings is 2. The molecule has 134 valence electrons. The van der Waals surface area contributed by atoms with Crippen LogP contribution >= 0.6 is 11.8 Å². The molecule has 0 bridgehead atoms. The van der Waals surface area contributed by atoms with Crippen LogP contribution in [0.1, 0.15) is 10.4 Å². The van der Waals surface area contributed by atoms with Crippen molar-refractivity contribution in [2.45, 2.75) is 5.16 Å². The van der Waals surface area contributed by atoms with Crippen molar-refractivity contribution in [2.75, 3.05) is 25.3 Å². The molecule has 1 heterocycles. The number of nitrogens with zero attached hydrogens (tertiary/aromatic N) is 1. The van der Waals surface area contributed by atoms with Gasteiger partial charge in [-0.1, -0.05) is 30.0 Å². The van der Waals surface area contributed by atoms with Gasteiger partial charge in [0.05, 0.1) is 36.7 Å². The smallest absolute Gasteiger partial charge is 0.339 e. The second-order valence-electron chi connectivity index (χ2n) is 5.27. The molecule has 0 aliphatic carbocycles. The van der Waals surface area contributed by atoms with Crippen molar-refractivity contribution in [3.63, 3.8) is 0 Å². The van der Waals surface area contributed by atoms with Crippen LogP contribution < -0.4 is 10.1 Å². The zero-order valence-corrected chi connectivity index (χ0v) is 15.1. The molecular formula is C18H17N3O4S. The number of imidazole rings is 1. The maximum Gasteiger partial charge on any atom is 0.339 e. The Kier molecular flexibility index (Phi) is 5.43. The molecule has 3 aromatic rings. The van der Waals surface area contributed by atoms with Crippen molar-refractivity contribution in [1.82, 2.24) is 9.97 Å². The van der Waals surface area contributed by atoms with Crippen molar-refractivity contribution in [1.29, 1.82) is 0 Å². The predicted octanol–water partition coefficient (Wildman–Crippen LogP) is 3.09. The molecule has 0 fully saturated rings. The monoisotopic (exact) mass is 371 g/mol. The molecule has 2 N–H and O–H groups in total. The molecule has 0 atom stereocenters. The number of anilines is 1. The average molecular weight is 371 g/mol. The van der Waals surface area contributed by atoms with Crippen LogP contribution in [0.4, 0.5) is 5.69 Å². The number of esters is 1. The van der Waals surface area contributed by atoms with Gasteiger partial charge in [0, 0.05) is 0 Å². The summed E-state index contributed by atoms with van der Waals surface area (Å²) in [6, 6.07) is 12.3. The van der Waals surface area contributed by atoms with Crippen LogP contribution in [0.25, 0.3) is 11.0 Å². The van der Waals surface area contributed by atoms with E-state index in [1.165, 1.54) is 18.9 Å². The van der Waals surface area contributed by atoms with Gasteiger partial charge in [-0.25, -0.2) is 9.78 Å². The Hall–Kier alpha value is -3.00. The first-order valence-corrected chi connectivity index (χ1v) is 8.73. The number of nitrogens with one attached hydrogen (secondary N) is 2. The molecule has 2 aromatic carbocycles. The van der Waals surface area contributed by atoms with Gasteiger partial charge in [-0.3, -0.25) is 4.79 Å². The Balaban J connectivity index is 1.68. The number of thioether (sulfide) groups is 1. The summed E-state index contributed by atoms with van der Waals surface area (Å²) in [4.78, 5) is 31.6. The number of hydrogen-bond donors (Lipinski definition) is 2. The summed E-state index contributed by atoms with van der Waals surface area (Å²) in [6.45, 7) is 0. The number of amides is 1. The Morgan fingerprint density at radius 3 is 2.73 bits per heavy atom. The van der Waals surface area contributed by atoms with E-state index in [1.54, 1.807) is 31.4 Å². The highest BCUT2D eigenvalue weighted by molar-refractivity contribution is 7.99. The maximum atomic E-state index is 12.2. The van der Waals surface area contributed by atoms with Gasteiger partial charge in [0.1, 0.15) is 11.3 Å². The summed E-state index contributed by atoms with van der Waals surface area (Å²) in [6.07, 6.45) is 0. The number of hydrogen-bond acceptors (Lipinski definition) is 6. The average Bonchev–Trinajstić information content (AvgIpc) is 3.09. The van der Waals surface area contributed by atoms with E-state index in [1.807, 2.05) is 18.2 Å². The van der Waals surface area contributed by atoms with E-state index in [4.69, 9.17) is 9.47 Å². The van der Waals surface area contributed by atoms with E-state index in [9.17, 15) is 9.59 Å². The number of H-pyrrole nitrogens is 1. The van der Waals surface area contributed by atoms with Gasteiger partial charge in [0.2, 0.25) is 5.91 Å². The van der Waals surface area contributed by atoms with Crippen LogP contribution in [0.15, 0.2) is 47.6 Å². The van der Waals surface area contributed by atoms with E-state index in [2.05, 4.69) is 15.3 Å². The first kappa shape index (κ1) is 17.8. The van der Waals surface area contributed by atoms with E-state index < -0.39 is 5.97 Å². The van der Waals surface area contributed by atoms with E-state index in [0.717, 1.165) is 5.52 Å². The molecular weight excluding hydrogens is 354 g/mol. The van der Waals surface area contributed by atoms with Crippen LogP contribution in [0.3, 0.4) is 0 Å². The number of aromatic amines is 1. The topological polar surface area (TPSA) is 93.3 Å². The van der Waals surface area contributed by atoms with Gasteiger partial charge in [0.15, 0.2) is 5.16 Å². The number of carbonyl (C=O) groups excluding carboxylic acids is 2. The summed E-state index contributed by atoms with van der Waals surface area (Å²) < 4.78 is 10.00. The van der Waals surface area contributed by atoms with E-state index >= 15 is 0 Å². The highest BCUT2D eigenvalue weighted by Crippen LogP contribution is 2.26. The summed E-state index contributed by atoms with van der Waals surface area (Å²) in [5.41, 5.74) is 2.27. The summed E-state index contributed by atoms with van der Waals surface area (Å²) in [5, 5.41) is 3.34. The molecule has 0 unspecified atom stereocenters. The van der Waals surface area contributed by atoms with Crippen LogP contribution in [-0.4, -0.2) is 41.8 Å². The number of methoxy groups -OCH3 is 2. The zero-order chi connectivity index (χ0) is 18.5. The van der Waals surface area contributed by atoms with Crippen molar-refractivity contribution in [2.24, 2.45) is 0 Å². The second kappa shape index (κ2) is 7.92. The quantitative estimate of drug-likeness (QED) is 0.511.